The van der Waals surface area contributed by atoms with Crippen molar-refractivity contribution in [2.75, 3.05) is 38.4 Å². The molecule has 9 nitrogen and oxygen atoms in total. The fourth-order valence-electron chi connectivity index (χ4n) is 3.65. The van der Waals surface area contributed by atoms with Crippen LogP contribution in [-0.4, -0.2) is 65.2 Å². The van der Waals surface area contributed by atoms with Crippen LogP contribution in [0.5, 0.6) is 11.5 Å². The van der Waals surface area contributed by atoms with Gasteiger partial charge in [0.05, 0.1) is 26.2 Å². The van der Waals surface area contributed by atoms with Crippen LogP contribution in [0.25, 0.3) is 0 Å². The van der Waals surface area contributed by atoms with Gasteiger partial charge < -0.3 is 19.7 Å². The average Bonchev–Trinajstić information content (AvgIpc) is 2.81. The Kier molecular flexibility index (Phi) is 9.31. The van der Waals surface area contributed by atoms with Crippen LogP contribution >= 0.6 is 0 Å². The Balaban J connectivity index is 2.49. The first kappa shape index (κ1) is 27.0. The second-order valence-corrected chi connectivity index (χ2v) is 9.70. The molecule has 1 N–H and O–H groups in total. The Morgan fingerprint density at radius 2 is 1.71 bits per heavy atom. The Morgan fingerprint density at radius 3 is 2.24 bits per heavy atom. The van der Waals surface area contributed by atoms with E-state index in [-0.39, 0.29) is 18.1 Å². The molecule has 186 valence electrons. The Labute approximate surface area is 201 Å². The van der Waals surface area contributed by atoms with Crippen molar-refractivity contribution in [2.24, 2.45) is 0 Å². The zero-order chi connectivity index (χ0) is 25.5. The number of ether oxygens (including phenoxy) is 2. The maximum Gasteiger partial charge on any atom is 0.244 e. The number of rotatable bonds is 11. The van der Waals surface area contributed by atoms with Gasteiger partial charge in [0.1, 0.15) is 12.6 Å². The summed E-state index contributed by atoms with van der Waals surface area (Å²) >= 11 is 0. The summed E-state index contributed by atoms with van der Waals surface area (Å²) in [7, 11) is 0.582. The quantitative estimate of drug-likeness (QED) is 0.517. The predicted octanol–water partition coefficient (Wildman–Crippen LogP) is 2.33. The molecule has 2 rings (SSSR count). The average molecular weight is 492 g/mol. The number of nitrogens with one attached hydrogen (secondary N) is 1. The van der Waals surface area contributed by atoms with E-state index in [9.17, 15) is 18.0 Å². The number of hydrogen-bond acceptors (Lipinski definition) is 6. The molecule has 2 aromatic rings. The van der Waals surface area contributed by atoms with E-state index < -0.39 is 28.5 Å². The van der Waals surface area contributed by atoms with E-state index in [2.05, 4.69) is 5.32 Å². The lowest BCUT2D eigenvalue weighted by atomic mass is 10.1. The minimum atomic E-state index is -3.84. The smallest absolute Gasteiger partial charge is 0.244 e. The molecule has 0 aliphatic heterocycles. The van der Waals surface area contributed by atoms with Crippen LogP contribution in [0.2, 0.25) is 0 Å². The molecule has 2 aromatic carbocycles. The molecule has 34 heavy (non-hydrogen) atoms. The van der Waals surface area contributed by atoms with Gasteiger partial charge in [0, 0.05) is 19.7 Å². The molecule has 0 aliphatic rings. The van der Waals surface area contributed by atoms with Crippen LogP contribution in [0.4, 0.5) is 5.69 Å². The zero-order valence-electron chi connectivity index (χ0n) is 20.5. The summed E-state index contributed by atoms with van der Waals surface area (Å²) in [5.41, 5.74) is 2.08. The van der Waals surface area contributed by atoms with Crippen molar-refractivity contribution in [1.29, 1.82) is 0 Å². The number of methoxy groups -OCH3 is 2. The van der Waals surface area contributed by atoms with Crippen LogP contribution in [0.1, 0.15) is 24.5 Å². The van der Waals surface area contributed by atoms with Gasteiger partial charge in [-0.1, -0.05) is 31.2 Å². The van der Waals surface area contributed by atoms with Crippen LogP contribution in [0, 0.1) is 6.92 Å². The molecule has 0 heterocycles. The van der Waals surface area contributed by atoms with Crippen LogP contribution < -0.4 is 19.1 Å². The van der Waals surface area contributed by atoms with E-state index in [0.717, 1.165) is 21.7 Å². The molecule has 0 unspecified atom stereocenters. The number of carbonyl (C=O) groups is 2. The first-order valence-electron chi connectivity index (χ1n) is 10.8. The first-order chi connectivity index (χ1) is 16.1. The maximum absolute atomic E-state index is 13.6. The highest BCUT2D eigenvalue weighted by Crippen LogP contribution is 2.32. The number of benzene rings is 2. The van der Waals surface area contributed by atoms with Crippen LogP contribution in [0.15, 0.2) is 42.5 Å². The first-order valence-corrected chi connectivity index (χ1v) is 12.7. The molecule has 0 aliphatic carbocycles. The SMILES string of the molecule is CC[C@@H](C(=O)NC)N(Cc1ccccc1C)C(=O)CN(c1ccc(OC)c(OC)c1)S(C)(=O)=O. The molecule has 0 fully saturated rings. The summed E-state index contributed by atoms with van der Waals surface area (Å²) < 4.78 is 36.9. The van der Waals surface area contributed by atoms with Gasteiger partial charge in [-0.2, -0.15) is 0 Å². The molecule has 0 saturated carbocycles. The van der Waals surface area contributed by atoms with Crippen LogP contribution in [0.3, 0.4) is 0 Å². The van der Waals surface area contributed by atoms with Gasteiger partial charge in [-0.05, 0) is 36.6 Å². The molecule has 0 radical (unpaired) electrons. The molecular formula is C24H33N3O6S. The predicted molar refractivity (Wildman–Crippen MR) is 132 cm³/mol. The van der Waals surface area contributed by atoms with E-state index in [1.165, 1.54) is 38.3 Å². The van der Waals surface area contributed by atoms with E-state index in [1.807, 2.05) is 31.2 Å². The Morgan fingerprint density at radius 1 is 1.06 bits per heavy atom. The standard InChI is InChI=1S/C24H33N3O6S/c1-7-20(24(29)25-3)26(15-18-11-9-8-10-17(18)2)23(28)16-27(34(6,30)31)19-12-13-21(32-4)22(14-19)33-5/h8-14,20H,7,15-16H2,1-6H3,(H,25,29)/t20-/m0/s1. The minimum absolute atomic E-state index is 0.168. The summed E-state index contributed by atoms with van der Waals surface area (Å²) in [4.78, 5) is 27.6. The molecule has 0 saturated heterocycles. The van der Waals surface area contributed by atoms with Gasteiger partial charge in [0.15, 0.2) is 11.5 Å². The Bertz CT molecular complexity index is 1120. The number of aryl methyl sites for hydroxylation is 1. The lowest BCUT2D eigenvalue weighted by Crippen LogP contribution is -2.51. The van der Waals surface area contributed by atoms with Gasteiger partial charge >= 0.3 is 0 Å². The van der Waals surface area contributed by atoms with Gasteiger partial charge in [-0.15, -0.1) is 0 Å². The third kappa shape index (κ3) is 6.40. The number of carbonyl (C=O) groups excluding carboxylic acids is 2. The van der Waals surface area contributed by atoms with Crippen molar-refractivity contribution in [3.05, 3.63) is 53.6 Å². The van der Waals surface area contributed by atoms with Crippen molar-refractivity contribution in [1.82, 2.24) is 10.2 Å². The van der Waals surface area contributed by atoms with E-state index >= 15 is 0 Å². The molecule has 0 bridgehead atoms. The highest BCUT2D eigenvalue weighted by molar-refractivity contribution is 7.92. The summed E-state index contributed by atoms with van der Waals surface area (Å²) in [6.07, 6.45) is 1.39. The Hall–Kier alpha value is -3.27. The van der Waals surface area contributed by atoms with E-state index in [1.54, 1.807) is 13.0 Å². The number of nitrogens with zero attached hydrogens (tertiary/aromatic N) is 2. The van der Waals surface area contributed by atoms with Crippen molar-refractivity contribution in [3.8, 4) is 11.5 Å². The van der Waals surface area contributed by atoms with Crippen molar-refractivity contribution >= 4 is 27.5 Å². The normalized spacial score (nSPS) is 11.9. The van der Waals surface area contributed by atoms with Crippen molar-refractivity contribution < 1.29 is 27.5 Å². The number of likely N-dealkylation sites (N-methyl/N-ethyl adjacent to an activating group) is 1. The summed E-state index contributed by atoms with van der Waals surface area (Å²) in [5, 5.41) is 2.60. The second kappa shape index (κ2) is 11.7. The highest BCUT2D eigenvalue weighted by atomic mass is 32.2. The number of anilines is 1. The topological polar surface area (TPSA) is 105 Å². The van der Waals surface area contributed by atoms with Gasteiger partial charge in [0.2, 0.25) is 21.8 Å². The number of amides is 2. The molecule has 0 aromatic heterocycles. The van der Waals surface area contributed by atoms with Crippen LogP contribution in [-0.2, 0) is 26.2 Å². The fourth-order valence-corrected chi connectivity index (χ4v) is 4.49. The minimum Gasteiger partial charge on any atom is -0.493 e. The van der Waals surface area contributed by atoms with Gasteiger partial charge in [-0.3, -0.25) is 13.9 Å². The summed E-state index contributed by atoms with van der Waals surface area (Å²) in [5.74, 6) is -0.0621. The second-order valence-electron chi connectivity index (χ2n) is 7.80. The monoisotopic (exact) mass is 491 g/mol. The molecule has 0 spiro atoms. The molecule has 2 amide bonds. The van der Waals surface area contributed by atoms with Crippen molar-refractivity contribution in [3.63, 3.8) is 0 Å². The highest BCUT2D eigenvalue weighted by Gasteiger charge is 2.31. The third-order valence-electron chi connectivity index (χ3n) is 5.57. The molecular weight excluding hydrogens is 458 g/mol. The lowest BCUT2D eigenvalue weighted by molar-refractivity contribution is -0.140. The third-order valence-corrected chi connectivity index (χ3v) is 6.71. The number of hydrogen-bond donors (Lipinski definition) is 1. The van der Waals surface area contributed by atoms with E-state index in [0.29, 0.717) is 17.9 Å². The van der Waals surface area contributed by atoms with Gasteiger partial charge in [-0.25, -0.2) is 8.42 Å². The maximum atomic E-state index is 13.6. The largest absolute Gasteiger partial charge is 0.493 e. The van der Waals surface area contributed by atoms with Crippen molar-refractivity contribution in [2.45, 2.75) is 32.9 Å². The number of sulfonamides is 1. The summed E-state index contributed by atoms with van der Waals surface area (Å²) in [6, 6.07) is 11.4. The zero-order valence-corrected chi connectivity index (χ0v) is 21.3. The molecule has 10 heteroatoms. The van der Waals surface area contributed by atoms with E-state index in [4.69, 9.17) is 9.47 Å². The summed E-state index contributed by atoms with van der Waals surface area (Å²) in [6.45, 7) is 3.42. The van der Waals surface area contributed by atoms with Gasteiger partial charge in [0.25, 0.3) is 0 Å². The fraction of sp³-hybridized carbons (Fsp3) is 0.417. The molecule has 1 atom stereocenters. The lowest BCUT2D eigenvalue weighted by Gasteiger charge is -2.33.